The number of carbonyl (C=O) groups is 1. The molecule has 0 saturated carbocycles. The lowest BCUT2D eigenvalue weighted by molar-refractivity contribution is -0.137. The second kappa shape index (κ2) is 5.66. The summed E-state index contributed by atoms with van der Waals surface area (Å²) in [6.45, 7) is 3.01. The van der Waals surface area contributed by atoms with Gasteiger partial charge < -0.3 is 5.32 Å². The van der Waals surface area contributed by atoms with Crippen LogP contribution in [-0.2, 0) is 11.0 Å². The number of rotatable bonds is 1. The summed E-state index contributed by atoms with van der Waals surface area (Å²) in [4.78, 5) is 11.4. The quantitative estimate of drug-likeness (QED) is 0.803. The number of nitriles is 1. The number of amides is 1. The van der Waals surface area contributed by atoms with Gasteiger partial charge in [0.15, 0.2) is 0 Å². The van der Waals surface area contributed by atoms with Gasteiger partial charge in [0, 0.05) is 11.5 Å². The van der Waals surface area contributed by atoms with Gasteiger partial charge in [-0.1, -0.05) is 5.92 Å². The highest BCUT2D eigenvalue weighted by molar-refractivity contribution is 5.94. The number of carbonyl (C=O) groups excluding carboxylic acids is 1. The minimum absolute atomic E-state index is 0.280. The number of benzene rings is 1. The van der Waals surface area contributed by atoms with E-state index in [-0.39, 0.29) is 5.56 Å². The lowest BCUT2D eigenvalue weighted by Gasteiger charge is -2.14. The zero-order valence-electron chi connectivity index (χ0n) is 10.8. The molecule has 0 radical (unpaired) electrons. The SMILES string of the molecule is CC(C)(C#N)NC(=O)C#Cc1ccc(C(F)(F)F)cc1. The number of hydrogen-bond donors (Lipinski definition) is 1. The van der Waals surface area contributed by atoms with Gasteiger partial charge in [0.2, 0.25) is 0 Å². The van der Waals surface area contributed by atoms with Gasteiger partial charge in [0.1, 0.15) is 5.54 Å². The van der Waals surface area contributed by atoms with Crippen LogP contribution in [0.15, 0.2) is 24.3 Å². The summed E-state index contributed by atoms with van der Waals surface area (Å²) < 4.78 is 37.0. The topological polar surface area (TPSA) is 52.9 Å². The zero-order chi connectivity index (χ0) is 15.4. The molecule has 0 aliphatic rings. The number of nitrogens with zero attached hydrogens (tertiary/aromatic N) is 1. The first-order chi connectivity index (χ1) is 9.14. The molecule has 0 saturated heterocycles. The third-order valence-electron chi connectivity index (χ3n) is 2.24. The van der Waals surface area contributed by atoms with Gasteiger partial charge in [-0.2, -0.15) is 18.4 Å². The molecular formula is C14H11F3N2O. The number of hydrogen-bond acceptors (Lipinski definition) is 2. The predicted octanol–water partition coefficient (Wildman–Crippen LogP) is 2.48. The van der Waals surface area contributed by atoms with Crippen LogP contribution < -0.4 is 5.32 Å². The molecule has 1 aromatic rings. The van der Waals surface area contributed by atoms with E-state index < -0.39 is 23.2 Å². The van der Waals surface area contributed by atoms with Gasteiger partial charge in [-0.25, -0.2) is 0 Å². The van der Waals surface area contributed by atoms with E-state index in [1.165, 1.54) is 26.0 Å². The van der Waals surface area contributed by atoms with Crippen LogP contribution in [0.2, 0.25) is 0 Å². The molecule has 6 heteroatoms. The van der Waals surface area contributed by atoms with Crippen molar-refractivity contribution in [2.24, 2.45) is 0 Å². The van der Waals surface area contributed by atoms with Crippen LogP contribution >= 0.6 is 0 Å². The van der Waals surface area contributed by atoms with Gasteiger partial charge in [-0.15, -0.1) is 0 Å². The fraction of sp³-hybridized carbons (Fsp3) is 0.286. The minimum Gasteiger partial charge on any atom is -0.327 e. The van der Waals surface area contributed by atoms with Crippen LogP contribution in [0.5, 0.6) is 0 Å². The van der Waals surface area contributed by atoms with Crippen molar-refractivity contribution >= 4 is 5.91 Å². The van der Waals surface area contributed by atoms with E-state index in [4.69, 9.17) is 5.26 Å². The molecule has 3 nitrogen and oxygen atoms in total. The number of nitrogens with one attached hydrogen (secondary N) is 1. The average molecular weight is 280 g/mol. The van der Waals surface area contributed by atoms with Crippen LogP contribution in [0.4, 0.5) is 13.2 Å². The van der Waals surface area contributed by atoms with Crippen molar-refractivity contribution in [2.75, 3.05) is 0 Å². The Bertz CT molecular complexity index is 599. The second-order valence-electron chi connectivity index (χ2n) is 4.52. The highest BCUT2D eigenvalue weighted by Gasteiger charge is 2.29. The fourth-order valence-corrected chi connectivity index (χ4v) is 1.21. The van der Waals surface area contributed by atoms with Crippen molar-refractivity contribution in [3.05, 3.63) is 35.4 Å². The molecule has 0 bridgehead atoms. The summed E-state index contributed by atoms with van der Waals surface area (Å²) in [5.41, 5.74) is -1.55. The molecule has 0 spiro atoms. The maximum Gasteiger partial charge on any atom is 0.416 e. The molecule has 0 aliphatic carbocycles. The van der Waals surface area contributed by atoms with Crippen molar-refractivity contribution in [2.45, 2.75) is 25.6 Å². The summed E-state index contributed by atoms with van der Waals surface area (Å²) in [6.07, 6.45) is -4.40. The summed E-state index contributed by atoms with van der Waals surface area (Å²) in [6, 6.07) is 6.01. The Morgan fingerprint density at radius 1 is 1.20 bits per heavy atom. The Hall–Kier alpha value is -2.47. The van der Waals surface area contributed by atoms with Crippen molar-refractivity contribution in [1.82, 2.24) is 5.32 Å². The summed E-state index contributed by atoms with van der Waals surface area (Å²) in [7, 11) is 0. The first-order valence-electron chi connectivity index (χ1n) is 5.57. The van der Waals surface area contributed by atoms with E-state index in [0.29, 0.717) is 0 Å². The molecule has 0 unspecified atom stereocenters. The normalized spacial score (nSPS) is 11.0. The van der Waals surface area contributed by atoms with Crippen molar-refractivity contribution in [1.29, 1.82) is 5.26 Å². The molecule has 1 N–H and O–H groups in total. The van der Waals surface area contributed by atoms with Crippen LogP contribution in [0.1, 0.15) is 25.0 Å². The van der Waals surface area contributed by atoms with Crippen LogP contribution in [0.25, 0.3) is 0 Å². The maximum absolute atomic E-state index is 12.3. The molecule has 104 valence electrons. The smallest absolute Gasteiger partial charge is 0.327 e. The molecule has 0 aromatic heterocycles. The van der Waals surface area contributed by atoms with E-state index >= 15 is 0 Å². The van der Waals surface area contributed by atoms with Crippen LogP contribution in [0.3, 0.4) is 0 Å². The van der Waals surface area contributed by atoms with E-state index in [1.807, 2.05) is 6.07 Å². The average Bonchev–Trinajstić information content (AvgIpc) is 2.35. The minimum atomic E-state index is -4.40. The summed E-state index contributed by atoms with van der Waals surface area (Å²) in [5.74, 6) is 3.98. The molecule has 0 atom stereocenters. The van der Waals surface area contributed by atoms with Gasteiger partial charge >= 0.3 is 6.18 Å². The van der Waals surface area contributed by atoms with Crippen molar-refractivity contribution in [3.8, 4) is 17.9 Å². The summed E-state index contributed by atoms with van der Waals surface area (Å²) in [5, 5.41) is 11.1. The first kappa shape index (κ1) is 15.6. The van der Waals surface area contributed by atoms with Gasteiger partial charge in [0.25, 0.3) is 5.91 Å². The summed E-state index contributed by atoms with van der Waals surface area (Å²) >= 11 is 0. The predicted molar refractivity (Wildman–Crippen MR) is 66.2 cm³/mol. The largest absolute Gasteiger partial charge is 0.416 e. The molecule has 1 amide bonds. The first-order valence-corrected chi connectivity index (χ1v) is 5.57. The Labute approximate surface area is 114 Å². The maximum atomic E-state index is 12.3. The van der Waals surface area contributed by atoms with Crippen molar-refractivity contribution in [3.63, 3.8) is 0 Å². The Morgan fingerprint density at radius 3 is 2.20 bits per heavy atom. The lowest BCUT2D eigenvalue weighted by atomic mass is 10.1. The lowest BCUT2D eigenvalue weighted by Crippen LogP contribution is -2.41. The number of halogens is 3. The molecule has 1 rings (SSSR count). The van der Waals surface area contributed by atoms with E-state index in [1.54, 1.807) is 0 Å². The Morgan fingerprint density at radius 2 is 1.75 bits per heavy atom. The highest BCUT2D eigenvalue weighted by Crippen LogP contribution is 2.28. The van der Waals surface area contributed by atoms with Gasteiger partial charge in [-0.05, 0) is 38.1 Å². The van der Waals surface area contributed by atoms with E-state index in [2.05, 4.69) is 17.2 Å². The monoisotopic (exact) mass is 280 g/mol. The van der Waals surface area contributed by atoms with E-state index in [9.17, 15) is 18.0 Å². The zero-order valence-corrected chi connectivity index (χ0v) is 10.8. The highest BCUT2D eigenvalue weighted by atomic mass is 19.4. The van der Waals surface area contributed by atoms with Crippen LogP contribution in [0, 0.1) is 23.2 Å². The van der Waals surface area contributed by atoms with Crippen LogP contribution in [-0.4, -0.2) is 11.4 Å². The fourth-order valence-electron chi connectivity index (χ4n) is 1.21. The second-order valence-corrected chi connectivity index (χ2v) is 4.52. The molecule has 20 heavy (non-hydrogen) atoms. The standard InChI is InChI=1S/C14H11F3N2O/c1-13(2,9-18)19-12(20)8-5-10-3-6-11(7-4-10)14(15,16)17/h3-4,6-7H,1-2H3,(H,19,20). The molecule has 0 heterocycles. The molecule has 0 aliphatic heterocycles. The van der Waals surface area contributed by atoms with Crippen molar-refractivity contribution < 1.29 is 18.0 Å². The molecule has 0 fully saturated rings. The third kappa shape index (κ3) is 4.66. The molecular weight excluding hydrogens is 269 g/mol. The Kier molecular flexibility index (Phi) is 4.41. The Balaban J connectivity index is 2.79. The van der Waals surface area contributed by atoms with Gasteiger partial charge in [0.05, 0.1) is 11.6 Å². The number of alkyl halides is 3. The van der Waals surface area contributed by atoms with Gasteiger partial charge in [-0.3, -0.25) is 4.79 Å². The molecule has 1 aromatic carbocycles. The van der Waals surface area contributed by atoms with E-state index in [0.717, 1.165) is 12.1 Å². The third-order valence-corrected chi connectivity index (χ3v) is 2.24.